The Kier molecular flexibility index (Phi) is 6.55. The number of allylic oxidation sites excluding steroid dienone is 1. The molecule has 0 radical (unpaired) electrons. The first-order chi connectivity index (χ1) is 8.99. The minimum Gasteiger partial charge on any atom is -0.478 e. The van der Waals surface area contributed by atoms with Crippen LogP contribution in [-0.4, -0.2) is 24.3 Å². The Morgan fingerprint density at radius 1 is 1.32 bits per heavy atom. The molecule has 0 unspecified atom stereocenters. The van der Waals surface area contributed by atoms with Crippen molar-refractivity contribution >= 4 is 13.8 Å². The Labute approximate surface area is 113 Å². The molecule has 1 fully saturated rings. The van der Waals surface area contributed by atoms with Gasteiger partial charge in [-0.2, -0.15) is 0 Å². The summed E-state index contributed by atoms with van der Waals surface area (Å²) in [6, 6.07) is 0. The standard InChI is InChI=1S/C12H21O6P/c1-3-16-19(15,17-4-2)18-11(9-12(13)14)8-7-10-5-6-10/h9-10H,3-8H2,1-2H3,(H,13,14)/b11-9+. The summed E-state index contributed by atoms with van der Waals surface area (Å²) < 4.78 is 27.3. The van der Waals surface area contributed by atoms with Crippen LogP contribution in [-0.2, 0) is 22.9 Å². The van der Waals surface area contributed by atoms with Crippen molar-refractivity contribution < 1.29 is 28.0 Å². The molecular formula is C12H21O6P. The van der Waals surface area contributed by atoms with Crippen LogP contribution in [0.3, 0.4) is 0 Å². The molecule has 1 saturated carbocycles. The summed E-state index contributed by atoms with van der Waals surface area (Å²) in [5, 5.41) is 8.79. The molecule has 0 aromatic carbocycles. The second-order valence-electron chi connectivity index (χ2n) is 4.30. The van der Waals surface area contributed by atoms with Gasteiger partial charge in [0.1, 0.15) is 5.76 Å². The van der Waals surface area contributed by atoms with Crippen molar-refractivity contribution in [2.24, 2.45) is 5.92 Å². The molecule has 0 bridgehead atoms. The first kappa shape index (κ1) is 16.2. The third-order valence-electron chi connectivity index (χ3n) is 2.58. The van der Waals surface area contributed by atoms with Gasteiger partial charge in [0.25, 0.3) is 0 Å². The highest BCUT2D eigenvalue weighted by Gasteiger charge is 2.29. The van der Waals surface area contributed by atoms with Gasteiger partial charge >= 0.3 is 13.8 Å². The largest absolute Gasteiger partial charge is 0.529 e. The summed E-state index contributed by atoms with van der Waals surface area (Å²) in [7, 11) is -3.70. The van der Waals surface area contributed by atoms with Crippen LogP contribution in [0, 0.1) is 5.92 Å². The predicted octanol–water partition coefficient (Wildman–Crippen LogP) is 3.34. The lowest BCUT2D eigenvalue weighted by molar-refractivity contribution is -0.131. The van der Waals surface area contributed by atoms with Crippen LogP contribution in [0.5, 0.6) is 0 Å². The smallest absolute Gasteiger partial charge is 0.478 e. The summed E-state index contributed by atoms with van der Waals surface area (Å²) >= 11 is 0. The number of carboxylic acids is 1. The molecule has 1 aliphatic rings. The minimum atomic E-state index is -3.70. The van der Waals surface area contributed by atoms with E-state index in [2.05, 4.69) is 0 Å². The Morgan fingerprint density at radius 3 is 2.32 bits per heavy atom. The maximum Gasteiger partial charge on any atom is 0.529 e. The van der Waals surface area contributed by atoms with Gasteiger partial charge in [0, 0.05) is 6.42 Å². The van der Waals surface area contributed by atoms with Gasteiger partial charge in [-0.1, -0.05) is 12.8 Å². The molecule has 6 nitrogen and oxygen atoms in total. The van der Waals surface area contributed by atoms with Crippen molar-refractivity contribution in [1.29, 1.82) is 0 Å². The lowest BCUT2D eigenvalue weighted by Crippen LogP contribution is -2.03. The lowest BCUT2D eigenvalue weighted by Gasteiger charge is -2.18. The molecule has 0 aromatic rings. The average molecular weight is 292 g/mol. The molecule has 1 rings (SSSR count). The molecule has 0 heterocycles. The third-order valence-corrected chi connectivity index (χ3v) is 4.19. The molecule has 0 aromatic heterocycles. The van der Waals surface area contributed by atoms with E-state index in [1.165, 1.54) is 0 Å². The van der Waals surface area contributed by atoms with Crippen molar-refractivity contribution in [3.63, 3.8) is 0 Å². The van der Waals surface area contributed by atoms with Gasteiger partial charge in [-0.25, -0.2) is 9.36 Å². The van der Waals surface area contributed by atoms with E-state index in [1.54, 1.807) is 13.8 Å². The number of phosphoric ester groups is 1. The molecule has 0 amide bonds. The number of aliphatic carboxylic acids is 1. The van der Waals surface area contributed by atoms with E-state index in [0.717, 1.165) is 25.3 Å². The van der Waals surface area contributed by atoms with Crippen molar-refractivity contribution in [3.05, 3.63) is 11.8 Å². The summed E-state index contributed by atoms with van der Waals surface area (Å²) in [4.78, 5) is 10.7. The Hall–Kier alpha value is -0.840. The quantitative estimate of drug-likeness (QED) is 0.378. The highest BCUT2D eigenvalue weighted by Crippen LogP contribution is 2.52. The number of carboxylic acid groups (broad SMARTS) is 1. The molecule has 1 N–H and O–H groups in total. The minimum absolute atomic E-state index is 0.143. The predicted molar refractivity (Wildman–Crippen MR) is 69.6 cm³/mol. The zero-order valence-corrected chi connectivity index (χ0v) is 12.2. The van der Waals surface area contributed by atoms with Gasteiger partial charge in [-0.05, 0) is 26.2 Å². The van der Waals surface area contributed by atoms with Crippen molar-refractivity contribution in [2.75, 3.05) is 13.2 Å². The molecule has 1 aliphatic carbocycles. The van der Waals surface area contributed by atoms with Crippen molar-refractivity contribution in [3.8, 4) is 0 Å². The summed E-state index contributed by atoms with van der Waals surface area (Å²) in [6.07, 6.45) is 4.51. The Bertz CT molecular complexity index is 364. The molecule has 110 valence electrons. The van der Waals surface area contributed by atoms with E-state index >= 15 is 0 Å². The fourth-order valence-electron chi connectivity index (χ4n) is 1.58. The van der Waals surface area contributed by atoms with E-state index in [1.807, 2.05) is 0 Å². The highest BCUT2D eigenvalue weighted by atomic mass is 31.2. The van der Waals surface area contributed by atoms with Crippen LogP contribution in [0.2, 0.25) is 0 Å². The number of rotatable bonds is 10. The first-order valence-electron chi connectivity index (χ1n) is 6.51. The molecule has 19 heavy (non-hydrogen) atoms. The van der Waals surface area contributed by atoms with Gasteiger partial charge < -0.3 is 9.63 Å². The molecule has 0 saturated heterocycles. The second-order valence-corrected chi connectivity index (χ2v) is 5.90. The molecule has 0 spiro atoms. The highest BCUT2D eigenvalue weighted by molar-refractivity contribution is 7.48. The van der Waals surface area contributed by atoms with E-state index in [9.17, 15) is 9.36 Å². The number of phosphoric acid groups is 1. The van der Waals surface area contributed by atoms with Gasteiger partial charge in [-0.3, -0.25) is 9.05 Å². The van der Waals surface area contributed by atoms with Gasteiger partial charge in [-0.15, -0.1) is 0 Å². The molecule has 7 heteroatoms. The van der Waals surface area contributed by atoms with Crippen LogP contribution in [0.4, 0.5) is 0 Å². The summed E-state index contributed by atoms with van der Waals surface area (Å²) in [6.45, 7) is 3.67. The van der Waals surface area contributed by atoms with Crippen LogP contribution in [0.1, 0.15) is 39.5 Å². The number of carbonyl (C=O) groups is 1. The van der Waals surface area contributed by atoms with E-state index in [4.69, 9.17) is 18.7 Å². The van der Waals surface area contributed by atoms with Crippen LogP contribution in [0.25, 0.3) is 0 Å². The third kappa shape index (κ3) is 6.76. The Morgan fingerprint density at radius 2 is 1.89 bits per heavy atom. The second kappa shape index (κ2) is 7.68. The topological polar surface area (TPSA) is 82.1 Å². The molecule has 0 aliphatic heterocycles. The van der Waals surface area contributed by atoms with Crippen molar-refractivity contribution in [2.45, 2.75) is 39.5 Å². The normalized spacial score (nSPS) is 16.4. The van der Waals surface area contributed by atoms with Gasteiger partial charge in [0.05, 0.1) is 19.3 Å². The van der Waals surface area contributed by atoms with Crippen molar-refractivity contribution in [1.82, 2.24) is 0 Å². The lowest BCUT2D eigenvalue weighted by atomic mass is 10.2. The SMILES string of the molecule is CCOP(=O)(OCC)O/C(=C/C(=O)O)CCC1CC1. The first-order valence-corrected chi connectivity index (χ1v) is 7.97. The number of hydrogen-bond acceptors (Lipinski definition) is 5. The van der Waals surface area contributed by atoms with Crippen LogP contribution < -0.4 is 0 Å². The average Bonchev–Trinajstić information content (AvgIpc) is 3.09. The van der Waals surface area contributed by atoms with Gasteiger partial charge in [0.2, 0.25) is 0 Å². The summed E-state index contributed by atoms with van der Waals surface area (Å²) in [5.74, 6) is -0.366. The zero-order chi connectivity index (χ0) is 14.3. The molecule has 0 atom stereocenters. The van der Waals surface area contributed by atoms with Crippen LogP contribution >= 0.6 is 7.82 Å². The van der Waals surface area contributed by atoms with E-state index < -0.39 is 13.8 Å². The Balaban J connectivity index is 2.66. The fraction of sp³-hybridized carbons (Fsp3) is 0.750. The van der Waals surface area contributed by atoms with Crippen LogP contribution in [0.15, 0.2) is 11.8 Å². The monoisotopic (exact) mass is 292 g/mol. The van der Waals surface area contributed by atoms with Gasteiger partial charge in [0.15, 0.2) is 0 Å². The number of hydrogen-bond donors (Lipinski definition) is 1. The maximum atomic E-state index is 12.2. The molecular weight excluding hydrogens is 271 g/mol. The summed E-state index contributed by atoms with van der Waals surface area (Å²) in [5.41, 5.74) is 0. The zero-order valence-electron chi connectivity index (χ0n) is 11.3. The van der Waals surface area contributed by atoms with E-state index in [0.29, 0.717) is 12.3 Å². The maximum absolute atomic E-state index is 12.2. The van der Waals surface area contributed by atoms with E-state index in [-0.39, 0.29) is 19.0 Å². The fourth-order valence-corrected chi connectivity index (χ4v) is 2.83.